The maximum Gasteiger partial charge on any atom is 0.252 e. The number of thiophene rings is 1. The molecule has 5 nitrogen and oxygen atoms in total. The Balaban J connectivity index is 2.15. The summed E-state index contributed by atoms with van der Waals surface area (Å²) in [5.41, 5.74) is 1.03. The van der Waals surface area contributed by atoms with E-state index < -0.39 is 10.0 Å². The minimum Gasteiger partial charge on any atom is -0.316 e. The molecule has 108 valence electrons. The van der Waals surface area contributed by atoms with Crippen LogP contribution in [0.3, 0.4) is 0 Å². The minimum atomic E-state index is -3.31. The summed E-state index contributed by atoms with van der Waals surface area (Å²) in [5, 5.41) is 4.95. The molecule has 0 bridgehead atoms. The summed E-state index contributed by atoms with van der Waals surface area (Å²) in [6.07, 6.45) is 0.893. The van der Waals surface area contributed by atoms with Crippen LogP contribution in [0, 0.1) is 0 Å². The number of hydrogen-bond donors (Lipinski definition) is 1. The Morgan fingerprint density at radius 1 is 1.32 bits per heavy atom. The van der Waals surface area contributed by atoms with Crippen LogP contribution in [0.5, 0.6) is 0 Å². The van der Waals surface area contributed by atoms with Crippen molar-refractivity contribution in [1.29, 1.82) is 0 Å². The van der Waals surface area contributed by atoms with Gasteiger partial charge in [0.1, 0.15) is 4.21 Å². The Hall–Kier alpha value is -0.470. The zero-order valence-electron chi connectivity index (χ0n) is 11.4. The molecule has 1 aliphatic rings. The van der Waals surface area contributed by atoms with Crippen LogP contribution >= 0.6 is 11.3 Å². The van der Waals surface area contributed by atoms with Crippen LogP contribution in [0.15, 0.2) is 15.7 Å². The fourth-order valence-electron chi connectivity index (χ4n) is 2.18. The summed E-state index contributed by atoms with van der Waals surface area (Å²) in [4.78, 5) is 2.18. The number of nitrogens with zero attached hydrogens (tertiary/aromatic N) is 2. The molecular weight excluding hydrogens is 282 g/mol. The normalized spacial score (nSPS) is 19.5. The Morgan fingerprint density at radius 3 is 2.84 bits per heavy atom. The second-order valence-electron chi connectivity index (χ2n) is 4.87. The molecule has 7 heteroatoms. The highest BCUT2D eigenvalue weighted by Gasteiger charge is 2.27. The van der Waals surface area contributed by atoms with Crippen molar-refractivity contribution >= 4 is 21.4 Å². The molecule has 1 aromatic rings. The van der Waals surface area contributed by atoms with Gasteiger partial charge < -0.3 is 10.2 Å². The number of nitrogens with one attached hydrogen (secondary N) is 1. The minimum absolute atomic E-state index is 0.460. The van der Waals surface area contributed by atoms with E-state index in [2.05, 4.69) is 10.2 Å². The lowest BCUT2D eigenvalue weighted by atomic mass is 10.3. The van der Waals surface area contributed by atoms with Gasteiger partial charge in [-0.3, -0.25) is 0 Å². The van der Waals surface area contributed by atoms with Crippen molar-refractivity contribution in [3.8, 4) is 0 Å². The summed E-state index contributed by atoms with van der Waals surface area (Å²) in [6, 6.07) is 1.78. The molecule has 0 radical (unpaired) electrons. The van der Waals surface area contributed by atoms with Crippen molar-refractivity contribution in [1.82, 2.24) is 14.5 Å². The molecule has 19 heavy (non-hydrogen) atoms. The molecule has 0 amide bonds. The molecule has 1 saturated heterocycles. The maximum atomic E-state index is 12.6. The van der Waals surface area contributed by atoms with Gasteiger partial charge >= 0.3 is 0 Å². The highest BCUT2D eigenvalue weighted by molar-refractivity contribution is 7.91. The Labute approximate surface area is 119 Å². The van der Waals surface area contributed by atoms with Crippen LogP contribution in [-0.4, -0.2) is 57.9 Å². The van der Waals surface area contributed by atoms with E-state index in [4.69, 9.17) is 0 Å². The van der Waals surface area contributed by atoms with E-state index in [0.29, 0.717) is 23.8 Å². The molecule has 0 atom stereocenters. The monoisotopic (exact) mass is 303 g/mol. The van der Waals surface area contributed by atoms with Gasteiger partial charge in [0.05, 0.1) is 0 Å². The number of likely N-dealkylation sites (N-methyl/N-ethyl adjacent to an activating group) is 1. The highest BCUT2D eigenvalue weighted by atomic mass is 32.2. The van der Waals surface area contributed by atoms with E-state index in [-0.39, 0.29) is 0 Å². The van der Waals surface area contributed by atoms with E-state index in [9.17, 15) is 8.42 Å². The summed E-state index contributed by atoms with van der Waals surface area (Å²) >= 11 is 1.31. The topological polar surface area (TPSA) is 52.7 Å². The molecule has 1 aliphatic heterocycles. The van der Waals surface area contributed by atoms with E-state index in [0.717, 1.165) is 25.1 Å². The fraction of sp³-hybridized carbons (Fsp3) is 0.667. The summed E-state index contributed by atoms with van der Waals surface area (Å²) in [6.45, 7) is 3.66. The van der Waals surface area contributed by atoms with Gasteiger partial charge in [-0.15, -0.1) is 11.3 Å². The molecule has 1 aromatic heterocycles. The van der Waals surface area contributed by atoms with E-state index in [1.165, 1.54) is 11.3 Å². The zero-order valence-corrected chi connectivity index (χ0v) is 13.1. The van der Waals surface area contributed by atoms with Crippen LogP contribution in [0.1, 0.15) is 12.0 Å². The average molecular weight is 303 g/mol. The first kappa shape index (κ1) is 14.9. The number of sulfonamides is 1. The predicted molar refractivity (Wildman–Crippen MR) is 78.0 cm³/mol. The van der Waals surface area contributed by atoms with Gasteiger partial charge in [-0.25, -0.2) is 8.42 Å². The molecule has 0 aromatic carbocycles. The standard InChI is InChI=1S/C12H21N3O2S2/c1-13-9-11-8-12(18-10-11)19(16,17)15-5-3-4-14(2)6-7-15/h8,10,13H,3-7,9H2,1-2H3. The third-order valence-corrected chi connectivity index (χ3v) is 6.65. The van der Waals surface area contributed by atoms with Crippen molar-refractivity contribution in [2.45, 2.75) is 17.2 Å². The van der Waals surface area contributed by atoms with Crippen LogP contribution in [0.4, 0.5) is 0 Å². The lowest BCUT2D eigenvalue weighted by molar-refractivity contribution is 0.347. The van der Waals surface area contributed by atoms with Crippen molar-refractivity contribution < 1.29 is 8.42 Å². The molecule has 0 unspecified atom stereocenters. The fourth-order valence-corrected chi connectivity index (χ4v) is 5.01. The molecule has 1 fully saturated rings. The van der Waals surface area contributed by atoms with Crippen molar-refractivity contribution in [2.75, 3.05) is 40.3 Å². The van der Waals surface area contributed by atoms with E-state index in [1.54, 1.807) is 10.4 Å². The molecule has 2 heterocycles. The molecule has 1 N–H and O–H groups in total. The quantitative estimate of drug-likeness (QED) is 0.894. The second kappa shape index (κ2) is 6.32. The Kier molecular flexibility index (Phi) is 4.97. The molecule has 2 rings (SSSR count). The Bertz CT molecular complexity index is 513. The summed E-state index contributed by atoms with van der Waals surface area (Å²) < 4.78 is 27.2. The maximum absolute atomic E-state index is 12.6. The number of rotatable bonds is 4. The van der Waals surface area contributed by atoms with E-state index >= 15 is 0 Å². The molecule has 0 spiro atoms. The van der Waals surface area contributed by atoms with Gasteiger partial charge in [0, 0.05) is 26.2 Å². The molecule has 0 saturated carbocycles. The van der Waals surface area contributed by atoms with Crippen molar-refractivity contribution in [2.24, 2.45) is 0 Å². The average Bonchev–Trinajstić information content (AvgIpc) is 2.72. The first-order valence-corrected chi connectivity index (χ1v) is 8.76. The first-order valence-electron chi connectivity index (χ1n) is 6.45. The van der Waals surface area contributed by atoms with Gasteiger partial charge in [0.2, 0.25) is 0 Å². The largest absolute Gasteiger partial charge is 0.316 e. The van der Waals surface area contributed by atoms with Gasteiger partial charge in [-0.05, 0) is 44.1 Å². The highest BCUT2D eigenvalue weighted by Crippen LogP contribution is 2.24. The molecule has 0 aliphatic carbocycles. The molecular formula is C12H21N3O2S2. The predicted octanol–water partition coefficient (Wildman–Crippen LogP) is 0.794. The van der Waals surface area contributed by atoms with Crippen LogP contribution in [-0.2, 0) is 16.6 Å². The second-order valence-corrected chi connectivity index (χ2v) is 7.94. The third kappa shape index (κ3) is 3.55. The number of hydrogen-bond acceptors (Lipinski definition) is 5. The summed E-state index contributed by atoms with van der Waals surface area (Å²) in [5.74, 6) is 0. The van der Waals surface area contributed by atoms with Gasteiger partial charge in [-0.2, -0.15) is 4.31 Å². The van der Waals surface area contributed by atoms with E-state index in [1.807, 2.05) is 19.5 Å². The van der Waals surface area contributed by atoms with Gasteiger partial charge in [-0.1, -0.05) is 0 Å². The van der Waals surface area contributed by atoms with Gasteiger partial charge in [0.25, 0.3) is 10.0 Å². The smallest absolute Gasteiger partial charge is 0.252 e. The SMILES string of the molecule is CNCc1csc(S(=O)(=O)N2CCCN(C)CC2)c1. The van der Waals surface area contributed by atoms with Crippen LogP contribution < -0.4 is 5.32 Å². The lowest BCUT2D eigenvalue weighted by Gasteiger charge is -2.19. The lowest BCUT2D eigenvalue weighted by Crippen LogP contribution is -2.34. The zero-order chi connectivity index (χ0) is 13.9. The van der Waals surface area contributed by atoms with Crippen molar-refractivity contribution in [3.63, 3.8) is 0 Å². The Morgan fingerprint density at radius 2 is 2.11 bits per heavy atom. The van der Waals surface area contributed by atoms with Gasteiger partial charge in [0.15, 0.2) is 0 Å². The van der Waals surface area contributed by atoms with Crippen molar-refractivity contribution in [3.05, 3.63) is 17.0 Å². The van der Waals surface area contributed by atoms with Crippen LogP contribution in [0.2, 0.25) is 0 Å². The first-order chi connectivity index (χ1) is 9.04. The van der Waals surface area contributed by atoms with Crippen LogP contribution in [0.25, 0.3) is 0 Å². The summed E-state index contributed by atoms with van der Waals surface area (Å²) in [7, 11) is 0.583. The third-order valence-electron chi connectivity index (χ3n) is 3.28.